The molecule has 0 radical (unpaired) electrons. The van der Waals surface area contributed by atoms with Gasteiger partial charge in [-0.1, -0.05) is 54.6 Å². The van der Waals surface area contributed by atoms with Crippen molar-refractivity contribution in [1.29, 1.82) is 5.26 Å². The molecule has 0 amide bonds. The minimum atomic E-state index is -0.0375. The number of rotatable bonds is 3. The molecular weight excluding hydrogens is 248 g/mol. The standard InChI is InChI=1S/C17H16N2O/c1-13(17(20-2)19-12-18)14-8-10-16(11-9-14)15-6-4-3-5-7-15/h3-11,13H,1-2H3/b19-17-. The lowest BCUT2D eigenvalue weighted by Gasteiger charge is -2.13. The van der Waals surface area contributed by atoms with Crippen LogP contribution in [0.4, 0.5) is 0 Å². The molecule has 0 fully saturated rings. The predicted octanol–water partition coefficient (Wildman–Crippen LogP) is 3.98. The summed E-state index contributed by atoms with van der Waals surface area (Å²) >= 11 is 0. The van der Waals surface area contributed by atoms with E-state index >= 15 is 0 Å². The minimum Gasteiger partial charge on any atom is -0.483 e. The van der Waals surface area contributed by atoms with E-state index in [1.54, 1.807) is 6.19 Å². The monoisotopic (exact) mass is 264 g/mol. The lowest BCUT2D eigenvalue weighted by molar-refractivity contribution is 0.385. The highest BCUT2D eigenvalue weighted by atomic mass is 16.5. The van der Waals surface area contributed by atoms with Crippen LogP contribution in [0.2, 0.25) is 0 Å². The molecule has 0 aliphatic heterocycles. The molecule has 3 heteroatoms. The van der Waals surface area contributed by atoms with Crippen molar-refractivity contribution < 1.29 is 4.74 Å². The summed E-state index contributed by atoms with van der Waals surface area (Å²) in [5, 5.41) is 8.64. The zero-order chi connectivity index (χ0) is 14.4. The Kier molecular flexibility index (Phi) is 4.52. The molecule has 3 nitrogen and oxygen atoms in total. The highest BCUT2D eigenvalue weighted by Gasteiger charge is 2.13. The summed E-state index contributed by atoms with van der Waals surface area (Å²) in [5.74, 6) is 0.393. The molecule has 0 N–H and O–H groups in total. The second kappa shape index (κ2) is 6.53. The van der Waals surface area contributed by atoms with Gasteiger partial charge in [0.1, 0.15) is 0 Å². The van der Waals surface area contributed by atoms with E-state index < -0.39 is 0 Å². The van der Waals surface area contributed by atoms with Crippen LogP contribution in [0.3, 0.4) is 0 Å². The van der Waals surface area contributed by atoms with E-state index in [0.717, 1.165) is 11.1 Å². The van der Waals surface area contributed by atoms with Crippen molar-refractivity contribution in [2.45, 2.75) is 12.8 Å². The number of hydrogen-bond acceptors (Lipinski definition) is 3. The molecule has 100 valence electrons. The van der Waals surface area contributed by atoms with Gasteiger partial charge in [0.25, 0.3) is 0 Å². The van der Waals surface area contributed by atoms with E-state index in [4.69, 9.17) is 10.00 Å². The third-order valence-electron chi connectivity index (χ3n) is 3.26. The Morgan fingerprint density at radius 1 is 1.05 bits per heavy atom. The number of nitriles is 1. The quantitative estimate of drug-likeness (QED) is 0.478. The van der Waals surface area contributed by atoms with Gasteiger partial charge in [-0.25, -0.2) is 0 Å². The first-order valence-corrected chi connectivity index (χ1v) is 6.42. The van der Waals surface area contributed by atoms with Crippen LogP contribution in [0.1, 0.15) is 18.4 Å². The third-order valence-corrected chi connectivity index (χ3v) is 3.26. The molecule has 2 aromatic carbocycles. The van der Waals surface area contributed by atoms with E-state index in [2.05, 4.69) is 29.3 Å². The number of methoxy groups -OCH3 is 1. The molecule has 0 heterocycles. The van der Waals surface area contributed by atoms with E-state index in [9.17, 15) is 0 Å². The molecule has 20 heavy (non-hydrogen) atoms. The molecular formula is C17H16N2O. The Morgan fingerprint density at radius 2 is 1.65 bits per heavy atom. The van der Waals surface area contributed by atoms with Gasteiger partial charge in [0.15, 0.2) is 0 Å². The number of aliphatic imine (C=N–C) groups is 1. The maximum Gasteiger partial charge on any atom is 0.208 e. The largest absolute Gasteiger partial charge is 0.483 e. The van der Waals surface area contributed by atoms with Crippen molar-refractivity contribution in [2.24, 2.45) is 4.99 Å². The first-order valence-electron chi connectivity index (χ1n) is 6.42. The zero-order valence-electron chi connectivity index (χ0n) is 11.6. The SMILES string of the molecule is CO/C(=N\C#N)C(C)c1ccc(-c2ccccc2)cc1. The van der Waals surface area contributed by atoms with Gasteiger partial charge in [-0.2, -0.15) is 5.26 Å². The molecule has 0 saturated carbocycles. The third kappa shape index (κ3) is 3.04. The lowest BCUT2D eigenvalue weighted by atomic mass is 9.97. The maximum atomic E-state index is 8.64. The molecule has 0 bridgehead atoms. The number of nitrogens with zero attached hydrogens (tertiary/aromatic N) is 2. The van der Waals surface area contributed by atoms with Crippen LogP contribution in [0.15, 0.2) is 59.6 Å². The average Bonchev–Trinajstić information content (AvgIpc) is 2.53. The van der Waals surface area contributed by atoms with Gasteiger partial charge >= 0.3 is 0 Å². The van der Waals surface area contributed by atoms with Gasteiger partial charge < -0.3 is 4.74 Å². The number of hydrogen-bond donors (Lipinski definition) is 0. The van der Waals surface area contributed by atoms with E-state index in [0.29, 0.717) is 5.90 Å². The van der Waals surface area contributed by atoms with E-state index in [1.165, 1.54) is 12.7 Å². The smallest absolute Gasteiger partial charge is 0.208 e. The summed E-state index contributed by atoms with van der Waals surface area (Å²) < 4.78 is 5.15. The highest BCUT2D eigenvalue weighted by Crippen LogP contribution is 2.23. The minimum absolute atomic E-state index is 0.0375. The molecule has 0 aliphatic rings. The molecule has 0 spiro atoms. The summed E-state index contributed by atoms with van der Waals surface area (Å²) in [6, 6.07) is 18.4. The topological polar surface area (TPSA) is 45.4 Å². The molecule has 0 aromatic heterocycles. The van der Waals surface area contributed by atoms with Gasteiger partial charge in [-0.15, -0.1) is 4.99 Å². The Balaban J connectivity index is 2.25. The second-order valence-electron chi connectivity index (χ2n) is 4.46. The molecule has 2 aromatic rings. The van der Waals surface area contributed by atoms with E-state index in [-0.39, 0.29) is 5.92 Å². The molecule has 1 atom stereocenters. The Bertz CT molecular complexity index is 624. The maximum absolute atomic E-state index is 8.64. The zero-order valence-corrected chi connectivity index (χ0v) is 11.6. The van der Waals surface area contributed by atoms with Crippen LogP contribution in [0.25, 0.3) is 11.1 Å². The fourth-order valence-corrected chi connectivity index (χ4v) is 2.11. The van der Waals surface area contributed by atoms with Crippen molar-refractivity contribution in [2.75, 3.05) is 7.11 Å². The lowest BCUT2D eigenvalue weighted by Crippen LogP contribution is -2.11. The van der Waals surface area contributed by atoms with Crippen LogP contribution in [0, 0.1) is 11.5 Å². The Labute approximate surface area is 119 Å². The van der Waals surface area contributed by atoms with Crippen LogP contribution in [0.5, 0.6) is 0 Å². The van der Waals surface area contributed by atoms with Crippen molar-refractivity contribution in [3.63, 3.8) is 0 Å². The van der Waals surface area contributed by atoms with Gasteiger partial charge in [0, 0.05) is 0 Å². The first-order chi connectivity index (χ1) is 9.76. The number of ether oxygens (including phenoxy) is 1. The van der Waals surface area contributed by atoms with Crippen LogP contribution >= 0.6 is 0 Å². The molecule has 2 rings (SSSR count). The van der Waals surface area contributed by atoms with Crippen molar-refractivity contribution in [1.82, 2.24) is 0 Å². The van der Waals surface area contributed by atoms with Gasteiger partial charge in [0.2, 0.25) is 12.1 Å². The van der Waals surface area contributed by atoms with Gasteiger partial charge in [-0.05, 0) is 23.6 Å². The van der Waals surface area contributed by atoms with Crippen molar-refractivity contribution in [3.05, 3.63) is 60.2 Å². The van der Waals surface area contributed by atoms with Crippen molar-refractivity contribution >= 4 is 5.90 Å². The van der Waals surface area contributed by atoms with Gasteiger partial charge in [0.05, 0.1) is 13.0 Å². The molecule has 1 unspecified atom stereocenters. The normalized spacial score (nSPS) is 12.6. The Morgan fingerprint density at radius 3 is 2.20 bits per heavy atom. The fraction of sp³-hybridized carbons (Fsp3) is 0.176. The van der Waals surface area contributed by atoms with E-state index in [1.807, 2.05) is 37.3 Å². The van der Waals surface area contributed by atoms with Crippen LogP contribution in [-0.2, 0) is 4.74 Å². The van der Waals surface area contributed by atoms with Gasteiger partial charge in [-0.3, -0.25) is 0 Å². The number of benzene rings is 2. The highest BCUT2D eigenvalue weighted by molar-refractivity contribution is 5.84. The molecule has 0 aliphatic carbocycles. The van der Waals surface area contributed by atoms with Crippen LogP contribution < -0.4 is 0 Å². The Hall–Kier alpha value is -2.60. The summed E-state index contributed by atoms with van der Waals surface area (Å²) in [6.45, 7) is 1.97. The summed E-state index contributed by atoms with van der Waals surface area (Å²) in [7, 11) is 1.53. The average molecular weight is 264 g/mol. The predicted molar refractivity (Wildman–Crippen MR) is 80.4 cm³/mol. The fourth-order valence-electron chi connectivity index (χ4n) is 2.11. The summed E-state index contributed by atoms with van der Waals surface area (Å²) in [6.07, 6.45) is 1.77. The first kappa shape index (κ1) is 13.8. The summed E-state index contributed by atoms with van der Waals surface area (Å²) in [4.78, 5) is 3.70. The van der Waals surface area contributed by atoms with Crippen LogP contribution in [-0.4, -0.2) is 13.0 Å². The van der Waals surface area contributed by atoms with Crippen molar-refractivity contribution in [3.8, 4) is 17.3 Å². The second-order valence-corrected chi connectivity index (χ2v) is 4.46. The molecule has 0 saturated heterocycles. The summed E-state index contributed by atoms with van der Waals surface area (Å²) in [5.41, 5.74) is 3.42.